The molecule has 0 aliphatic carbocycles. The molecule has 0 radical (unpaired) electrons. The van der Waals surface area contributed by atoms with Crippen molar-refractivity contribution in [2.45, 2.75) is 6.61 Å². The number of carbonyl (C=O) groups excluding carboxylic acids is 1. The first-order valence-corrected chi connectivity index (χ1v) is 8.46. The van der Waals surface area contributed by atoms with E-state index in [0.717, 1.165) is 5.56 Å². The summed E-state index contributed by atoms with van der Waals surface area (Å²) in [7, 11) is 0. The van der Waals surface area contributed by atoms with Crippen LogP contribution in [0.5, 0.6) is 0 Å². The van der Waals surface area contributed by atoms with E-state index in [-0.39, 0.29) is 12.2 Å². The van der Waals surface area contributed by atoms with Crippen LogP contribution in [0.1, 0.15) is 5.56 Å². The van der Waals surface area contributed by atoms with Crippen LogP contribution in [0.15, 0.2) is 67.1 Å². The van der Waals surface area contributed by atoms with Crippen LogP contribution in [0.25, 0.3) is 17.0 Å². The molecule has 4 aromatic rings. The van der Waals surface area contributed by atoms with Crippen LogP contribution in [0, 0.1) is 5.82 Å². The zero-order valence-corrected chi connectivity index (χ0v) is 14.7. The summed E-state index contributed by atoms with van der Waals surface area (Å²) in [6, 6.07) is 13.6. The third-order valence-electron chi connectivity index (χ3n) is 4.04. The summed E-state index contributed by atoms with van der Waals surface area (Å²) < 4.78 is 20.8. The molecule has 140 valence electrons. The molecule has 0 saturated heterocycles. The second-order valence-electron chi connectivity index (χ2n) is 6.10. The van der Waals surface area contributed by atoms with E-state index >= 15 is 0 Å². The van der Waals surface area contributed by atoms with Crippen molar-refractivity contribution in [2.24, 2.45) is 0 Å². The number of nitrogen functional groups attached to an aromatic ring is 1. The average Bonchev–Trinajstić information content (AvgIpc) is 3.12. The molecule has 2 heterocycles. The first-order chi connectivity index (χ1) is 13.6. The highest BCUT2D eigenvalue weighted by atomic mass is 19.1. The lowest BCUT2D eigenvalue weighted by molar-refractivity contribution is 0.155. The van der Waals surface area contributed by atoms with E-state index in [0.29, 0.717) is 22.8 Å². The van der Waals surface area contributed by atoms with Gasteiger partial charge in [0.15, 0.2) is 0 Å². The molecule has 0 aliphatic rings. The minimum Gasteiger partial charge on any atom is -0.444 e. The van der Waals surface area contributed by atoms with E-state index < -0.39 is 11.9 Å². The summed E-state index contributed by atoms with van der Waals surface area (Å²) in [4.78, 5) is 20.5. The number of aromatic nitrogens is 3. The Morgan fingerprint density at radius 1 is 1.18 bits per heavy atom. The number of imidazole rings is 1. The number of rotatable bonds is 4. The van der Waals surface area contributed by atoms with Crippen molar-refractivity contribution >= 4 is 23.2 Å². The van der Waals surface area contributed by atoms with Crippen molar-refractivity contribution < 1.29 is 13.9 Å². The molecular weight excluding hydrogens is 361 g/mol. The summed E-state index contributed by atoms with van der Waals surface area (Å²) in [6.45, 7) is 0.159. The quantitative estimate of drug-likeness (QED) is 0.527. The predicted molar refractivity (Wildman–Crippen MR) is 103 cm³/mol. The molecule has 0 atom stereocenters. The third kappa shape index (κ3) is 3.75. The summed E-state index contributed by atoms with van der Waals surface area (Å²) in [6.07, 6.45) is 4.08. The van der Waals surface area contributed by atoms with Crippen LogP contribution < -0.4 is 11.1 Å². The molecule has 0 spiro atoms. The Hall–Kier alpha value is -3.94. The van der Waals surface area contributed by atoms with Gasteiger partial charge in [0.05, 0.1) is 17.6 Å². The molecule has 28 heavy (non-hydrogen) atoms. The number of fused-ring (bicyclic) bond motifs is 1. The van der Waals surface area contributed by atoms with Crippen LogP contribution in [-0.2, 0) is 11.3 Å². The van der Waals surface area contributed by atoms with Crippen LogP contribution in [0.4, 0.5) is 20.6 Å². The fraction of sp³-hybridized carbons (Fsp3) is 0.0500. The van der Waals surface area contributed by atoms with Gasteiger partial charge in [0.1, 0.15) is 12.4 Å². The molecule has 0 aliphatic heterocycles. The van der Waals surface area contributed by atoms with Gasteiger partial charge in [-0.15, -0.1) is 0 Å². The van der Waals surface area contributed by atoms with Gasteiger partial charge >= 0.3 is 6.09 Å². The van der Waals surface area contributed by atoms with Gasteiger partial charge in [-0.3, -0.25) is 9.72 Å². The Morgan fingerprint density at radius 2 is 2.00 bits per heavy atom. The summed E-state index contributed by atoms with van der Waals surface area (Å²) in [5.41, 5.74) is 8.14. The third-order valence-corrected chi connectivity index (χ3v) is 4.04. The second kappa shape index (κ2) is 7.36. The second-order valence-corrected chi connectivity index (χ2v) is 6.10. The van der Waals surface area contributed by atoms with Gasteiger partial charge in [0.2, 0.25) is 5.78 Å². The Balaban J connectivity index is 1.50. The fourth-order valence-electron chi connectivity index (χ4n) is 2.70. The molecule has 0 bridgehead atoms. The number of nitrogens with one attached hydrogen (secondary N) is 1. The van der Waals surface area contributed by atoms with Crippen LogP contribution in [0.2, 0.25) is 0 Å². The van der Waals surface area contributed by atoms with Gasteiger partial charge in [-0.25, -0.2) is 19.2 Å². The maximum absolute atomic E-state index is 14.1. The highest BCUT2D eigenvalue weighted by Gasteiger charge is 2.12. The van der Waals surface area contributed by atoms with Crippen molar-refractivity contribution in [1.82, 2.24) is 14.4 Å². The summed E-state index contributed by atoms with van der Waals surface area (Å²) in [5.74, 6) is -0.0690. The number of carbonyl (C=O) groups is 1. The van der Waals surface area contributed by atoms with E-state index in [9.17, 15) is 9.18 Å². The Kier molecular flexibility index (Phi) is 4.59. The van der Waals surface area contributed by atoms with Crippen LogP contribution in [-0.4, -0.2) is 20.5 Å². The molecule has 8 heteroatoms. The minimum absolute atomic E-state index is 0.159. The van der Waals surface area contributed by atoms with E-state index in [2.05, 4.69) is 15.3 Å². The number of nitrogens with two attached hydrogens (primary N) is 1. The summed E-state index contributed by atoms with van der Waals surface area (Å²) in [5, 5.41) is 2.61. The number of benzene rings is 2. The predicted octanol–water partition coefficient (Wildman–Crippen LogP) is 3.87. The van der Waals surface area contributed by atoms with Gasteiger partial charge in [0.25, 0.3) is 0 Å². The Labute approximate surface area is 159 Å². The lowest BCUT2D eigenvalue weighted by atomic mass is 10.1. The minimum atomic E-state index is -0.604. The van der Waals surface area contributed by atoms with Crippen molar-refractivity contribution in [3.05, 3.63) is 78.5 Å². The number of halogens is 1. The van der Waals surface area contributed by atoms with Crippen LogP contribution in [0.3, 0.4) is 0 Å². The number of ether oxygens (including phenoxy) is 1. The number of amides is 1. The van der Waals surface area contributed by atoms with E-state index in [1.165, 1.54) is 24.4 Å². The molecule has 4 rings (SSSR count). The molecule has 3 N–H and O–H groups in total. The molecule has 2 aromatic carbocycles. The van der Waals surface area contributed by atoms with Gasteiger partial charge in [-0.1, -0.05) is 30.3 Å². The lowest BCUT2D eigenvalue weighted by Crippen LogP contribution is -2.14. The highest BCUT2D eigenvalue weighted by Crippen LogP contribution is 2.24. The number of anilines is 2. The first-order valence-electron chi connectivity index (χ1n) is 8.46. The normalized spacial score (nSPS) is 10.8. The van der Waals surface area contributed by atoms with Crippen molar-refractivity contribution in [3.63, 3.8) is 0 Å². The van der Waals surface area contributed by atoms with Gasteiger partial charge in [-0.05, 0) is 23.8 Å². The van der Waals surface area contributed by atoms with Crippen LogP contribution >= 0.6 is 0 Å². The molecule has 0 fully saturated rings. The number of nitrogens with zero attached hydrogens (tertiary/aromatic N) is 3. The molecule has 7 nitrogen and oxygen atoms in total. The lowest BCUT2D eigenvalue weighted by Gasteiger charge is -2.07. The van der Waals surface area contributed by atoms with E-state index in [1.807, 2.05) is 30.3 Å². The highest BCUT2D eigenvalue weighted by molar-refractivity contribution is 5.84. The Morgan fingerprint density at radius 3 is 2.82 bits per heavy atom. The van der Waals surface area contributed by atoms with Gasteiger partial charge in [0, 0.05) is 23.6 Å². The maximum Gasteiger partial charge on any atom is 0.412 e. The molecule has 0 unspecified atom stereocenters. The molecular formula is C20H16FN5O2. The van der Waals surface area contributed by atoms with Crippen molar-refractivity contribution in [1.29, 1.82) is 0 Å². The maximum atomic E-state index is 14.1. The molecule has 0 saturated carbocycles. The van der Waals surface area contributed by atoms with Gasteiger partial charge in [-0.2, -0.15) is 0 Å². The van der Waals surface area contributed by atoms with Crippen molar-refractivity contribution in [3.8, 4) is 11.3 Å². The zero-order valence-electron chi connectivity index (χ0n) is 14.7. The van der Waals surface area contributed by atoms with Gasteiger partial charge < -0.3 is 10.5 Å². The van der Waals surface area contributed by atoms with E-state index in [1.54, 1.807) is 16.8 Å². The SMILES string of the molecule is Nc1ccc(F)c(-c2cn3cc(NC(=O)OCc4ccccc4)cnc3n2)c1. The zero-order chi connectivity index (χ0) is 19.5. The fourth-order valence-corrected chi connectivity index (χ4v) is 2.70. The number of hydrogen-bond acceptors (Lipinski definition) is 5. The molecule has 1 amide bonds. The standard InChI is InChI=1S/C20H16FN5O2/c21-17-7-6-14(22)8-16(17)18-11-26-10-15(9-23-19(26)25-18)24-20(27)28-12-13-4-2-1-3-5-13/h1-11H,12,22H2,(H,24,27). The number of hydrogen-bond donors (Lipinski definition) is 2. The monoisotopic (exact) mass is 377 g/mol. The first kappa shape index (κ1) is 17.5. The largest absolute Gasteiger partial charge is 0.444 e. The average molecular weight is 377 g/mol. The topological polar surface area (TPSA) is 94.5 Å². The summed E-state index contributed by atoms with van der Waals surface area (Å²) >= 11 is 0. The molecule has 2 aromatic heterocycles. The smallest absolute Gasteiger partial charge is 0.412 e. The van der Waals surface area contributed by atoms with E-state index in [4.69, 9.17) is 10.5 Å². The van der Waals surface area contributed by atoms with Crippen molar-refractivity contribution in [2.75, 3.05) is 11.1 Å². The Bertz CT molecular complexity index is 1140.